The second kappa shape index (κ2) is 11.9. The minimum absolute atomic E-state index is 0.0485. The van der Waals surface area contributed by atoms with Crippen molar-refractivity contribution in [1.82, 2.24) is 0 Å². The summed E-state index contributed by atoms with van der Waals surface area (Å²) in [4.78, 5) is 0. The van der Waals surface area contributed by atoms with Gasteiger partial charge in [-0.05, 0) is 93.1 Å². The third-order valence-corrected chi connectivity index (χ3v) is 7.60. The molecule has 2 aliphatic carbocycles. The molecule has 0 unspecified atom stereocenters. The van der Waals surface area contributed by atoms with E-state index in [1.165, 1.54) is 38.5 Å². The Morgan fingerprint density at radius 3 is 2.23 bits per heavy atom. The molecule has 0 N–H and O–H groups in total. The number of hydrogen-bond donors (Lipinski definition) is 0. The van der Waals surface area contributed by atoms with Gasteiger partial charge in [0.1, 0.15) is 0 Å². The third-order valence-electron chi connectivity index (χ3n) is 7.60. The smallest absolute Gasteiger partial charge is 0.200 e. The molecule has 0 aliphatic heterocycles. The third kappa shape index (κ3) is 6.08. The molecule has 1 aromatic carbocycles. The van der Waals surface area contributed by atoms with Crippen LogP contribution in [-0.4, -0.2) is 6.61 Å². The molecule has 168 valence electrons. The normalized spacial score (nSPS) is 27.0. The topological polar surface area (TPSA) is 9.23 Å². The van der Waals surface area contributed by atoms with Crippen molar-refractivity contribution < 1.29 is 13.5 Å². The van der Waals surface area contributed by atoms with Crippen LogP contribution >= 0.6 is 0 Å². The van der Waals surface area contributed by atoms with E-state index in [4.69, 9.17) is 4.74 Å². The summed E-state index contributed by atoms with van der Waals surface area (Å²) in [6.45, 7) is 6.39. The van der Waals surface area contributed by atoms with E-state index in [2.05, 4.69) is 13.5 Å². The Morgan fingerprint density at radius 1 is 0.933 bits per heavy atom. The van der Waals surface area contributed by atoms with Crippen LogP contribution in [-0.2, 0) is 0 Å². The van der Waals surface area contributed by atoms with Crippen LogP contribution in [0, 0.1) is 29.4 Å². The van der Waals surface area contributed by atoms with E-state index in [9.17, 15) is 8.78 Å². The predicted octanol–water partition coefficient (Wildman–Crippen LogP) is 8.58. The lowest BCUT2D eigenvalue weighted by Gasteiger charge is -2.38. The standard InChI is InChI=1S/C27H40F2O/c1-3-5-6-7-19-30-25-18-17-24(26(28)27(25)29)23-15-13-22(14-16-23)21-11-9-20(8-4-2)10-12-21/h3,17-18,20-23H,1,4-16,19H2,2H3. The fourth-order valence-corrected chi connectivity index (χ4v) is 5.80. The molecule has 30 heavy (non-hydrogen) atoms. The molecular formula is C27H40F2O. The number of rotatable bonds is 10. The van der Waals surface area contributed by atoms with E-state index in [0.29, 0.717) is 12.2 Å². The van der Waals surface area contributed by atoms with Crippen molar-refractivity contribution in [3.63, 3.8) is 0 Å². The highest BCUT2D eigenvalue weighted by Crippen LogP contribution is 2.45. The average molecular weight is 419 g/mol. The lowest BCUT2D eigenvalue weighted by atomic mass is 9.68. The summed E-state index contributed by atoms with van der Waals surface area (Å²) in [5.74, 6) is 1.28. The Bertz CT molecular complexity index is 655. The molecule has 3 rings (SSSR count). The Hall–Kier alpha value is -1.38. The Morgan fingerprint density at radius 2 is 1.60 bits per heavy atom. The Kier molecular flexibility index (Phi) is 9.21. The van der Waals surface area contributed by atoms with Gasteiger partial charge in [-0.3, -0.25) is 0 Å². The van der Waals surface area contributed by atoms with Crippen LogP contribution in [0.2, 0.25) is 0 Å². The minimum atomic E-state index is -0.812. The van der Waals surface area contributed by atoms with Crippen molar-refractivity contribution in [2.45, 2.75) is 96.3 Å². The predicted molar refractivity (Wildman–Crippen MR) is 121 cm³/mol. The first-order valence-electron chi connectivity index (χ1n) is 12.4. The largest absolute Gasteiger partial charge is 0.490 e. The van der Waals surface area contributed by atoms with Gasteiger partial charge >= 0.3 is 0 Å². The number of ether oxygens (including phenoxy) is 1. The molecule has 0 aromatic heterocycles. The zero-order valence-corrected chi connectivity index (χ0v) is 18.8. The molecule has 0 bridgehead atoms. The van der Waals surface area contributed by atoms with Gasteiger partial charge in [0.15, 0.2) is 11.6 Å². The fourth-order valence-electron chi connectivity index (χ4n) is 5.80. The molecule has 1 aromatic rings. The molecule has 0 atom stereocenters. The zero-order valence-electron chi connectivity index (χ0n) is 18.8. The van der Waals surface area contributed by atoms with Gasteiger partial charge in [-0.15, -0.1) is 6.58 Å². The molecule has 0 saturated heterocycles. The lowest BCUT2D eigenvalue weighted by molar-refractivity contribution is 0.155. The SMILES string of the molecule is C=CCCCCOc1ccc(C2CCC(C3CCC(CCC)CC3)CC2)c(F)c1F. The van der Waals surface area contributed by atoms with E-state index in [-0.39, 0.29) is 11.7 Å². The van der Waals surface area contributed by atoms with E-state index in [1.807, 2.05) is 6.08 Å². The second-order valence-corrected chi connectivity index (χ2v) is 9.59. The maximum atomic E-state index is 14.8. The van der Waals surface area contributed by atoms with E-state index in [0.717, 1.165) is 62.7 Å². The van der Waals surface area contributed by atoms with E-state index < -0.39 is 11.6 Å². The summed E-state index contributed by atoms with van der Waals surface area (Å²) in [6.07, 6.45) is 17.1. The van der Waals surface area contributed by atoms with Crippen LogP contribution in [0.3, 0.4) is 0 Å². The van der Waals surface area contributed by atoms with E-state index >= 15 is 0 Å². The van der Waals surface area contributed by atoms with Gasteiger partial charge < -0.3 is 4.74 Å². The lowest BCUT2D eigenvalue weighted by Crippen LogP contribution is -2.25. The first-order chi connectivity index (χ1) is 14.6. The van der Waals surface area contributed by atoms with Gasteiger partial charge in [0.2, 0.25) is 5.82 Å². The van der Waals surface area contributed by atoms with Crippen molar-refractivity contribution in [1.29, 1.82) is 0 Å². The maximum Gasteiger partial charge on any atom is 0.200 e. The fraction of sp³-hybridized carbons (Fsp3) is 0.704. The first kappa shape index (κ1) is 23.3. The molecule has 0 spiro atoms. The van der Waals surface area contributed by atoms with Crippen LogP contribution in [0.1, 0.15) is 102 Å². The van der Waals surface area contributed by atoms with Gasteiger partial charge in [-0.25, -0.2) is 4.39 Å². The summed E-state index contributed by atoms with van der Waals surface area (Å²) in [7, 11) is 0. The Balaban J connectivity index is 1.49. The van der Waals surface area contributed by atoms with Crippen molar-refractivity contribution >= 4 is 0 Å². The van der Waals surface area contributed by atoms with Crippen molar-refractivity contribution in [3.8, 4) is 5.75 Å². The molecule has 2 aliphatic rings. The van der Waals surface area contributed by atoms with Gasteiger partial charge in [-0.1, -0.05) is 44.7 Å². The van der Waals surface area contributed by atoms with E-state index in [1.54, 1.807) is 12.1 Å². The van der Waals surface area contributed by atoms with Crippen LogP contribution in [0.15, 0.2) is 24.8 Å². The maximum absolute atomic E-state index is 14.8. The summed E-state index contributed by atoms with van der Waals surface area (Å²) >= 11 is 0. The molecule has 0 heterocycles. The number of hydrogen-bond acceptors (Lipinski definition) is 1. The zero-order chi connectivity index (χ0) is 21.3. The quantitative estimate of drug-likeness (QED) is 0.273. The summed E-state index contributed by atoms with van der Waals surface area (Å²) < 4.78 is 34.8. The molecule has 2 saturated carbocycles. The molecule has 0 radical (unpaired) electrons. The van der Waals surface area contributed by atoms with Crippen molar-refractivity contribution in [2.24, 2.45) is 17.8 Å². The van der Waals surface area contributed by atoms with Crippen LogP contribution < -0.4 is 4.74 Å². The average Bonchev–Trinajstić information content (AvgIpc) is 2.77. The van der Waals surface area contributed by atoms with Gasteiger partial charge in [0, 0.05) is 0 Å². The summed E-state index contributed by atoms with van der Waals surface area (Å²) in [5.41, 5.74) is 0.552. The van der Waals surface area contributed by atoms with Crippen molar-refractivity contribution in [3.05, 3.63) is 42.0 Å². The molecule has 2 fully saturated rings. The van der Waals surface area contributed by atoms with Gasteiger partial charge in [-0.2, -0.15) is 4.39 Å². The Labute approximate surface area is 182 Å². The van der Waals surface area contributed by atoms with Crippen LogP contribution in [0.25, 0.3) is 0 Å². The highest BCUT2D eigenvalue weighted by atomic mass is 19.2. The number of unbranched alkanes of at least 4 members (excludes halogenated alkanes) is 2. The first-order valence-corrected chi connectivity index (χ1v) is 12.4. The number of halogens is 2. The summed E-state index contributed by atoms with van der Waals surface area (Å²) in [5, 5.41) is 0. The highest BCUT2D eigenvalue weighted by molar-refractivity contribution is 5.33. The number of benzene rings is 1. The molecule has 0 amide bonds. The van der Waals surface area contributed by atoms with Crippen LogP contribution in [0.4, 0.5) is 8.78 Å². The molecule has 3 heteroatoms. The molecular weight excluding hydrogens is 378 g/mol. The minimum Gasteiger partial charge on any atom is -0.490 e. The summed E-state index contributed by atoms with van der Waals surface area (Å²) in [6, 6.07) is 3.39. The second-order valence-electron chi connectivity index (χ2n) is 9.59. The molecule has 1 nitrogen and oxygen atoms in total. The van der Waals surface area contributed by atoms with Crippen molar-refractivity contribution in [2.75, 3.05) is 6.61 Å². The van der Waals surface area contributed by atoms with Gasteiger partial charge in [0.25, 0.3) is 0 Å². The highest BCUT2D eigenvalue weighted by Gasteiger charge is 2.32. The van der Waals surface area contributed by atoms with Crippen LogP contribution in [0.5, 0.6) is 5.75 Å². The monoisotopic (exact) mass is 418 g/mol. The number of allylic oxidation sites excluding steroid dienone is 1. The van der Waals surface area contributed by atoms with Gasteiger partial charge in [0.05, 0.1) is 6.61 Å².